The number of nitrogens with zero attached hydrogens (tertiary/aromatic N) is 1. The van der Waals surface area contributed by atoms with E-state index in [1.54, 1.807) is 7.05 Å². The SMILES string of the molecule is CN=C(NCCCOCC1CCOCC1)NCC(=O)NCc1ccccc1. The van der Waals surface area contributed by atoms with Crippen LogP contribution in [0.5, 0.6) is 0 Å². The summed E-state index contributed by atoms with van der Waals surface area (Å²) in [5.74, 6) is 1.19. The number of ether oxygens (including phenoxy) is 2. The van der Waals surface area contributed by atoms with Gasteiger partial charge in [0.05, 0.1) is 6.54 Å². The van der Waals surface area contributed by atoms with Gasteiger partial charge in [-0.05, 0) is 30.7 Å². The first-order valence-corrected chi connectivity index (χ1v) is 9.68. The third-order valence-electron chi connectivity index (χ3n) is 4.42. The van der Waals surface area contributed by atoms with Gasteiger partial charge in [-0.1, -0.05) is 30.3 Å². The lowest BCUT2D eigenvalue weighted by Gasteiger charge is -2.21. The largest absolute Gasteiger partial charge is 0.381 e. The van der Waals surface area contributed by atoms with Crippen LogP contribution in [0.1, 0.15) is 24.8 Å². The Balaban J connectivity index is 1.49. The molecule has 0 unspecified atom stereocenters. The van der Waals surface area contributed by atoms with Crippen LogP contribution in [0.4, 0.5) is 0 Å². The van der Waals surface area contributed by atoms with E-state index in [0.717, 1.165) is 57.8 Å². The standard InChI is InChI=1S/C20H32N4O3/c1-21-20(22-10-5-11-27-16-18-8-12-26-13-9-18)24-15-19(25)23-14-17-6-3-2-4-7-17/h2-4,6-7,18H,5,8-16H2,1H3,(H,23,25)(H2,21,22,24). The zero-order valence-electron chi connectivity index (χ0n) is 16.2. The van der Waals surface area contributed by atoms with E-state index in [1.807, 2.05) is 30.3 Å². The molecule has 7 heteroatoms. The smallest absolute Gasteiger partial charge is 0.239 e. The quantitative estimate of drug-likeness (QED) is 0.326. The van der Waals surface area contributed by atoms with Crippen molar-refractivity contribution in [3.63, 3.8) is 0 Å². The molecule has 1 aliphatic rings. The van der Waals surface area contributed by atoms with Crippen LogP contribution < -0.4 is 16.0 Å². The summed E-state index contributed by atoms with van der Waals surface area (Å²) < 4.78 is 11.1. The fraction of sp³-hybridized carbons (Fsp3) is 0.600. The van der Waals surface area contributed by atoms with Gasteiger partial charge in [-0.15, -0.1) is 0 Å². The molecule has 27 heavy (non-hydrogen) atoms. The van der Waals surface area contributed by atoms with Gasteiger partial charge in [0, 0.05) is 46.6 Å². The molecule has 1 saturated heterocycles. The highest BCUT2D eigenvalue weighted by molar-refractivity contribution is 5.86. The predicted molar refractivity (Wildman–Crippen MR) is 107 cm³/mol. The van der Waals surface area contributed by atoms with Crippen LogP contribution in [0.2, 0.25) is 0 Å². The lowest BCUT2D eigenvalue weighted by atomic mass is 10.0. The molecule has 0 atom stereocenters. The number of rotatable bonds is 10. The van der Waals surface area contributed by atoms with Gasteiger partial charge in [-0.2, -0.15) is 0 Å². The Labute approximate surface area is 161 Å². The van der Waals surface area contributed by atoms with Crippen molar-refractivity contribution in [2.75, 3.05) is 46.6 Å². The van der Waals surface area contributed by atoms with E-state index in [-0.39, 0.29) is 12.5 Å². The van der Waals surface area contributed by atoms with Crippen molar-refractivity contribution in [1.29, 1.82) is 0 Å². The number of hydrogen-bond acceptors (Lipinski definition) is 4. The van der Waals surface area contributed by atoms with Gasteiger partial charge >= 0.3 is 0 Å². The Morgan fingerprint density at radius 3 is 2.70 bits per heavy atom. The van der Waals surface area contributed by atoms with Crippen molar-refractivity contribution in [1.82, 2.24) is 16.0 Å². The number of carbonyl (C=O) groups is 1. The number of nitrogens with one attached hydrogen (secondary N) is 3. The van der Waals surface area contributed by atoms with E-state index in [2.05, 4.69) is 20.9 Å². The van der Waals surface area contributed by atoms with Crippen LogP contribution in [-0.2, 0) is 20.8 Å². The molecule has 1 heterocycles. The van der Waals surface area contributed by atoms with Gasteiger partial charge in [0.15, 0.2) is 5.96 Å². The summed E-state index contributed by atoms with van der Waals surface area (Å²) in [6.07, 6.45) is 3.09. The van der Waals surface area contributed by atoms with Crippen molar-refractivity contribution in [2.24, 2.45) is 10.9 Å². The van der Waals surface area contributed by atoms with E-state index < -0.39 is 0 Å². The maximum Gasteiger partial charge on any atom is 0.239 e. The summed E-state index contributed by atoms with van der Waals surface area (Å²) in [5.41, 5.74) is 1.08. The van der Waals surface area contributed by atoms with E-state index >= 15 is 0 Å². The van der Waals surface area contributed by atoms with Gasteiger partial charge < -0.3 is 25.4 Å². The summed E-state index contributed by atoms with van der Waals surface area (Å²) in [7, 11) is 1.69. The molecule has 0 saturated carbocycles. The van der Waals surface area contributed by atoms with Crippen LogP contribution >= 0.6 is 0 Å². The fourth-order valence-corrected chi connectivity index (χ4v) is 2.79. The molecule has 1 aliphatic heterocycles. The van der Waals surface area contributed by atoms with Gasteiger partial charge in [0.2, 0.25) is 5.91 Å². The zero-order valence-corrected chi connectivity index (χ0v) is 16.2. The monoisotopic (exact) mass is 376 g/mol. The Kier molecular flexibility index (Phi) is 10.3. The topological polar surface area (TPSA) is 84.0 Å². The van der Waals surface area contributed by atoms with Crippen molar-refractivity contribution in [2.45, 2.75) is 25.8 Å². The lowest BCUT2D eigenvalue weighted by molar-refractivity contribution is -0.120. The Hall–Kier alpha value is -2.12. The van der Waals surface area contributed by atoms with Crippen molar-refractivity contribution >= 4 is 11.9 Å². The Bertz CT molecular complexity index is 560. The molecule has 1 aromatic carbocycles. The molecule has 7 nitrogen and oxygen atoms in total. The first-order valence-electron chi connectivity index (χ1n) is 9.68. The minimum atomic E-state index is -0.0680. The summed E-state index contributed by atoms with van der Waals surface area (Å²) in [4.78, 5) is 16.0. The van der Waals surface area contributed by atoms with Crippen LogP contribution in [0.25, 0.3) is 0 Å². The summed E-state index contributed by atoms with van der Waals surface area (Å²) in [6.45, 7) is 4.72. The van der Waals surface area contributed by atoms with E-state index in [1.165, 1.54) is 0 Å². The Morgan fingerprint density at radius 1 is 1.19 bits per heavy atom. The molecule has 1 amide bonds. The van der Waals surface area contributed by atoms with Gasteiger partial charge in [-0.25, -0.2) is 0 Å². The van der Waals surface area contributed by atoms with E-state index in [9.17, 15) is 4.79 Å². The second-order valence-electron chi connectivity index (χ2n) is 6.60. The summed E-state index contributed by atoms with van der Waals surface area (Å²) in [5, 5.41) is 9.10. The number of aliphatic imine (C=N–C) groups is 1. The maximum absolute atomic E-state index is 11.9. The van der Waals surface area contributed by atoms with Crippen LogP contribution in [-0.4, -0.2) is 58.4 Å². The molecule has 0 radical (unpaired) electrons. The van der Waals surface area contributed by atoms with Crippen LogP contribution in [0, 0.1) is 5.92 Å². The van der Waals surface area contributed by atoms with E-state index in [4.69, 9.17) is 9.47 Å². The molecule has 1 aromatic rings. The minimum Gasteiger partial charge on any atom is -0.381 e. The molecule has 150 valence electrons. The minimum absolute atomic E-state index is 0.0680. The highest BCUT2D eigenvalue weighted by atomic mass is 16.5. The maximum atomic E-state index is 11.9. The van der Waals surface area contributed by atoms with Crippen molar-refractivity contribution in [3.8, 4) is 0 Å². The molecule has 0 aromatic heterocycles. The number of carbonyl (C=O) groups excluding carboxylic acids is 1. The normalized spacial score (nSPS) is 15.4. The molecular weight excluding hydrogens is 344 g/mol. The first kappa shape index (κ1) is 21.2. The molecular formula is C20H32N4O3. The number of amides is 1. The van der Waals surface area contributed by atoms with Gasteiger partial charge in [0.25, 0.3) is 0 Å². The van der Waals surface area contributed by atoms with Crippen molar-refractivity contribution < 1.29 is 14.3 Å². The zero-order chi connectivity index (χ0) is 19.2. The van der Waals surface area contributed by atoms with Crippen LogP contribution in [0.15, 0.2) is 35.3 Å². The second kappa shape index (κ2) is 13.1. The third-order valence-corrected chi connectivity index (χ3v) is 4.42. The highest BCUT2D eigenvalue weighted by Gasteiger charge is 2.13. The molecule has 1 fully saturated rings. The lowest BCUT2D eigenvalue weighted by Crippen LogP contribution is -2.43. The van der Waals surface area contributed by atoms with Crippen molar-refractivity contribution in [3.05, 3.63) is 35.9 Å². The average Bonchev–Trinajstić information content (AvgIpc) is 2.72. The van der Waals surface area contributed by atoms with Gasteiger partial charge in [-0.3, -0.25) is 9.79 Å². The molecule has 0 aliphatic carbocycles. The predicted octanol–water partition coefficient (Wildman–Crippen LogP) is 1.30. The fourth-order valence-electron chi connectivity index (χ4n) is 2.79. The average molecular weight is 377 g/mol. The molecule has 3 N–H and O–H groups in total. The first-order chi connectivity index (χ1) is 13.3. The summed E-state index contributed by atoms with van der Waals surface area (Å²) in [6, 6.07) is 9.84. The molecule has 0 spiro atoms. The third kappa shape index (κ3) is 9.40. The molecule has 0 bridgehead atoms. The van der Waals surface area contributed by atoms with E-state index in [0.29, 0.717) is 18.4 Å². The summed E-state index contributed by atoms with van der Waals surface area (Å²) >= 11 is 0. The number of benzene rings is 1. The molecule has 2 rings (SSSR count). The Morgan fingerprint density at radius 2 is 1.96 bits per heavy atom. The number of guanidine groups is 1. The van der Waals surface area contributed by atoms with Crippen LogP contribution in [0.3, 0.4) is 0 Å². The van der Waals surface area contributed by atoms with Gasteiger partial charge in [0.1, 0.15) is 0 Å². The highest BCUT2D eigenvalue weighted by Crippen LogP contribution is 2.14. The number of hydrogen-bond donors (Lipinski definition) is 3. The second-order valence-corrected chi connectivity index (χ2v) is 6.60.